The Morgan fingerprint density at radius 1 is 0.696 bits per heavy atom. The number of nitrogens with zero attached hydrogens (tertiary/aromatic N) is 1. The molecule has 0 amide bonds. The molecule has 1 aliphatic heterocycles. The third kappa shape index (κ3) is 2.20. The Labute approximate surface area is 135 Å². The average Bonchev–Trinajstić information content (AvgIpc) is 3.13. The summed E-state index contributed by atoms with van der Waals surface area (Å²) in [6.07, 6.45) is 2.13. The lowest BCUT2D eigenvalue weighted by atomic mass is 9.83. The lowest BCUT2D eigenvalue weighted by Gasteiger charge is -2.28. The molecule has 2 aromatic carbocycles. The van der Waals surface area contributed by atoms with Gasteiger partial charge in [0.05, 0.1) is 11.3 Å². The van der Waals surface area contributed by atoms with Crippen LogP contribution in [-0.4, -0.2) is 29.6 Å². The predicted molar refractivity (Wildman–Crippen MR) is 89.3 cm³/mol. The first-order chi connectivity index (χ1) is 11.3. The van der Waals surface area contributed by atoms with Crippen molar-refractivity contribution in [1.82, 2.24) is 4.90 Å². The average molecular weight is 303 g/mol. The van der Waals surface area contributed by atoms with Crippen LogP contribution in [0, 0.1) is 0 Å². The van der Waals surface area contributed by atoms with Crippen LogP contribution < -0.4 is 0 Å². The van der Waals surface area contributed by atoms with Gasteiger partial charge in [-0.25, -0.2) is 0 Å². The van der Waals surface area contributed by atoms with Gasteiger partial charge in [0.2, 0.25) is 5.78 Å². The Kier molecular flexibility index (Phi) is 3.34. The monoisotopic (exact) mass is 303 g/mol. The highest BCUT2D eigenvalue weighted by Crippen LogP contribution is 2.35. The molecular weight excluding hydrogens is 286 g/mol. The number of carbonyl (C=O) groups excluding carboxylic acids is 2. The van der Waals surface area contributed by atoms with Crippen LogP contribution in [0.5, 0.6) is 0 Å². The third-order valence-corrected chi connectivity index (χ3v) is 4.58. The molecule has 1 aliphatic carbocycles. The lowest BCUT2D eigenvalue weighted by Crippen LogP contribution is -2.32. The van der Waals surface area contributed by atoms with Crippen molar-refractivity contribution in [3.8, 4) is 0 Å². The Bertz CT molecular complexity index is 815. The summed E-state index contributed by atoms with van der Waals surface area (Å²) in [4.78, 5) is 28.3. The molecular formula is C20H17NO2. The summed E-state index contributed by atoms with van der Waals surface area (Å²) in [5.74, 6) is -0.0748. The fraction of sp³-hybridized carbons (Fsp3) is 0.200. The van der Waals surface area contributed by atoms with Crippen molar-refractivity contribution >= 4 is 17.1 Å². The van der Waals surface area contributed by atoms with Crippen molar-refractivity contribution in [2.24, 2.45) is 0 Å². The SMILES string of the molecule is O=C1C(c2ccccc2)=C(N2CCCC2)C(=O)c2ccccc21. The van der Waals surface area contributed by atoms with E-state index in [-0.39, 0.29) is 11.6 Å². The summed E-state index contributed by atoms with van der Waals surface area (Å²) in [5, 5.41) is 0. The quantitative estimate of drug-likeness (QED) is 0.851. The molecule has 0 atom stereocenters. The molecule has 0 spiro atoms. The van der Waals surface area contributed by atoms with E-state index in [4.69, 9.17) is 0 Å². The Morgan fingerprint density at radius 2 is 1.26 bits per heavy atom. The van der Waals surface area contributed by atoms with Crippen LogP contribution in [-0.2, 0) is 0 Å². The zero-order chi connectivity index (χ0) is 15.8. The zero-order valence-electron chi connectivity index (χ0n) is 12.8. The second-order valence-electron chi connectivity index (χ2n) is 5.99. The third-order valence-electron chi connectivity index (χ3n) is 4.58. The van der Waals surface area contributed by atoms with E-state index in [0.29, 0.717) is 22.4 Å². The van der Waals surface area contributed by atoms with E-state index >= 15 is 0 Å². The molecule has 1 saturated heterocycles. The van der Waals surface area contributed by atoms with Crippen molar-refractivity contribution in [2.75, 3.05) is 13.1 Å². The lowest BCUT2D eigenvalue weighted by molar-refractivity contribution is 0.0964. The summed E-state index contributed by atoms with van der Waals surface area (Å²) >= 11 is 0. The van der Waals surface area contributed by atoms with Gasteiger partial charge in [-0.3, -0.25) is 9.59 Å². The van der Waals surface area contributed by atoms with Crippen LogP contribution >= 0.6 is 0 Å². The van der Waals surface area contributed by atoms with Gasteiger partial charge in [-0.15, -0.1) is 0 Å². The topological polar surface area (TPSA) is 37.4 Å². The molecule has 1 heterocycles. The van der Waals surface area contributed by atoms with Crippen LogP contribution in [0.2, 0.25) is 0 Å². The summed E-state index contributed by atoms with van der Waals surface area (Å²) < 4.78 is 0. The maximum absolute atomic E-state index is 13.1. The number of fused-ring (bicyclic) bond motifs is 1. The summed E-state index contributed by atoms with van der Waals surface area (Å²) in [5.41, 5.74) is 2.99. The summed E-state index contributed by atoms with van der Waals surface area (Å²) in [6, 6.07) is 16.7. The molecule has 2 aliphatic rings. The van der Waals surface area contributed by atoms with Gasteiger partial charge in [0.25, 0.3) is 0 Å². The van der Waals surface area contributed by atoms with Crippen LogP contribution in [0.1, 0.15) is 39.1 Å². The van der Waals surface area contributed by atoms with Crippen molar-refractivity contribution in [3.05, 3.63) is 77.0 Å². The molecule has 3 heteroatoms. The van der Waals surface area contributed by atoms with Crippen LogP contribution in [0.25, 0.3) is 5.57 Å². The van der Waals surface area contributed by atoms with Crippen LogP contribution in [0.15, 0.2) is 60.3 Å². The minimum absolute atomic E-state index is 0.0269. The normalized spacial score (nSPS) is 17.7. The van der Waals surface area contributed by atoms with E-state index in [9.17, 15) is 9.59 Å². The fourth-order valence-electron chi connectivity index (χ4n) is 3.48. The second kappa shape index (κ2) is 5.51. The van der Waals surface area contributed by atoms with Gasteiger partial charge >= 0.3 is 0 Å². The molecule has 0 N–H and O–H groups in total. The standard InChI is InChI=1S/C20H17NO2/c22-19-15-10-4-5-11-16(15)20(23)18(21-12-6-7-13-21)17(19)14-8-2-1-3-9-14/h1-5,8-11H,6-7,12-13H2. The fourth-order valence-corrected chi connectivity index (χ4v) is 3.48. The van der Waals surface area contributed by atoms with Crippen molar-refractivity contribution in [1.29, 1.82) is 0 Å². The highest BCUT2D eigenvalue weighted by atomic mass is 16.1. The highest BCUT2D eigenvalue weighted by molar-refractivity contribution is 6.40. The molecule has 0 unspecified atom stereocenters. The minimum atomic E-state index is -0.0479. The zero-order valence-corrected chi connectivity index (χ0v) is 12.8. The second-order valence-corrected chi connectivity index (χ2v) is 5.99. The van der Waals surface area contributed by atoms with Gasteiger partial charge in [0.15, 0.2) is 5.78 Å². The predicted octanol–water partition coefficient (Wildman–Crippen LogP) is 3.57. The van der Waals surface area contributed by atoms with E-state index < -0.39 is 0 Å². The van der Waals surface area contributed by atoms with Gasteiger partial charge in [-0.05, 0) is 18.4 Å². The molecule has 0 aromatic heterocycles. The smallest absolute Gasteiger partial charge is 0.210 e. The minimum Gasteiger partial charge on any atom is -0.368 e. The number of allylic oxidation sites excluding steroid dienone is 2. The summed E-state index contributed by atoms with van der Waals surface area (Å²) in [6.45, 7) is 1.68. The van der Waals surface area contributed by atoms with Crippen molar-refractivity contribution < 1.29 is 9.59 Å². The molecule has 0 saturated carbocycles. The number of benzene rings is 2. The summed E-state index contributed by atoms with van der Waals surface area (Å²) in [7, 11) is 0. The van der Waals surface area contributed by atoms with Gasteiger partial charge < -0.3 is 4.90 Å². The molecule has 23 heavy (non-hydrogen) atoms. The molecule has 3 nitrogen and oxygen atoms in total. The maximum Gasteiger partial charge on any atom is 0.210 e. The first kappa shape index (κ1) is 13.9. The van der Waals surface area contributed by atoms with Crippen molar-refractivity contribution in [3.63, 3.8) is 0 Å². The van der Waals surface area contributed by atoms with Crippen molar-refractivity contribution in [2.45, 2.75) is 12.8 Å². The first-order valence-electron chi connectivity index (χ1n) is 8.00. The Hall–Kier alpha value is -2.68. The number of ketones is 2. The van der Waals surface area contributed by atoms with Gasteiger partial charge in [-0.1, -0.05) is 54.6 Å². The molecule has 1 fully saturated rings. The van der Waals surface area contributed by atoms with Crippen LogP contribution in [0.4, 0.5) is 0 Å². The Balaban J connectivity index is 1.97. The van der Waals surface area contributed by atoms with Gasteiger partial charge in [0, 0.05) is 24.2 Å². The first-order valence-corrected chi connectivity index (χ1v) is 8.00. The number of hydrogen-bond acceptors (Lipinski definition) is 3. The van der Waals surface area contributed by atoms with E-state index in [0.717, 1.165) is 31.5 Å². The van der Waals surface area contributed by atoms with E-state index in [2.05, 4.69) is 4.90 Å². The van der Waals surface area contributed by atoms with Gasteiger partial charge in [-0.2, -0.15) is 0 Å². The molecule has 0 radical (unpaired) electrons. The largest absolute Gasteiger partial charge is 0.368 e. The van der Waals surface area contributed by atoms with E-state index in [1.807, 2.05) is 42.5 Å². The molecule has 0 bridgehead atoms. The van der Waals surface area contributed by atoms with E-state index in [1.165, 1.54) is 0 Å². The number of carbonyl (C=O) groups is 2. The molecule has 4 rings (SSSR count). The number of likely N-dealkylation sites (tertiary alicyclic amines) is 1. The molecule has 2 aromatic rings. The number of Topliss-reactive ketones (excluding diaryl/α,β-unsaturated/α-hetero) is 2. The number of rotatable bonds is 2. The van der Waals surface area contributed by atoms with Crippen LogP contribution in [0.3, 0.4) is 0 Å². The molecule has 114 valence electrons. The number of hydrogen-bond donors (Lipinski definition) is 0. The highest BCUT2D eigenvalue weighted by Gasteiger charge is 2.36. The van der Waals surface area contributed by atoms with E-state index in [1.54, 1.807) is 12.1 Å². The maximum atomic E-state index is 13.1. The Morgan fingerprint density at radius 3 is 1.91 bits per heavy atom. The van der Waals surface area contributed by atoms with Gasteiger partial charge in [0.1, 0.15) is 0 Å².